The van der Waals surface area contributed by atoms with E-state index in [2.05, 4.69) is 4.57 Å². The lowest BCUT2D eigenvalue weighted by Gasteiger charge is -2.38. The van der Waals surface area contributed by atoms with Crippen molar-refractivity contribution in [2.75, 3.05) is 19.6 Å². The minimum absolute atomic E-state index is 0.00450. The zero-order valence-electron chi connectivity index (χ0n) is 19.1. The molecule has 3 aromatic rings. The molecule has 6 nitrogen and oxygen atoms in total. The van der Waals surface area contributed by atoms with Gasteiger partial charge in [-0.15, -0.1) is 0 Å². The van der Waals surface area contributed by atoms with Crippen molar-refractivity contribution in [1.82, 2.24) is 13.8 Å². The van der Waals surface area contributed by atoms with Crippen LogP contribution in [0.15, 0.2) is 77.8 Å². The van der Waals surface area contributed by atoms with Gasteiger partial charge in [0.15, 0.2) is 0 Å². The summed E-state index contributed by atoms with van der Waals surface area (Å²) in [5.74, 6) is -0.407. The minimum Gasteiger partial charge on any atom is -0.348 e. The Hall–Kier alpha value is -3.11. The first-order chi connectivity index (χ1) is 16.6. The maximum absolute atomic E-state index is 13.5. The van der Waals surface area contributed by atoms with Crippen LogP contribution in [0, 0.1) is 0 Å². The Bertz CT molecular complexity index is 1290. The van der Waals surface area contributed by atoms with Crippen molar-refractivity contribution in [2.45, 2.75) is 37.0 Å². The lowest BCUT2D eigenvalue weighted by atomic mass is 10.00. The van der Waals surface area contributed by atoms with Crippen LogP contribution in [0.3, 0.4) is 0 Å². The number of hydrogen-bond acceptors (Lipinski definition) is 3. The molecule has 0 aliphatic carbocycles. The van der Waals surface area contributed by atoms with E-state index in [4.69, 9.17) is 0 Å². The summed E-state index contributed by atoms with van der Waals surface area (Å²) in [5, 5.41) is 0. The Morgan fingerprint density at radius 3 is 2.46 bits per heavy atom. The van der Waals surface area contributed by atoms with Gasteiger partial charge in [0.2, 0.25) is 15.9 Å². The Kier molecular flexibility index (Phi) is 7.05. The Morgan fingerprint density at radius 2 is 1.77 bits per heavy atom. The highest BCUT2D eigenvalue weighted by Gasteiger charge is 2.36. The maximum atomic E-state index is 13.5. The number of sulfonamides is 1. The monoisotopic (exact) mass is 505 g/mol. The molecule has 0 fully saturated rings. The highest BCUT2D eigenvalue weighted by molar-refractivity contribution is 7.89. The van der Waals surface area contributed by atoms with Crippen molar-refractivity contribution in [1.29, 1.82) is 0 Å². The molecule has 10 heteroatoms. The average molecular weight is 506 g/mol. The smallest absolute Gasteiger partial charge is 0.348 e. The number of aromatic nitrogens is 1. The largest absolute Gasteiger partial charge is 0.416 e. The van der Waals surface area contributed by atoms with Crippen molar-refractivity contribution in [3.8, 4) is 0 Å². The number of benzene rings is 2. The molecule has 0 bridgehead atoms. The number of fused-ring (bicyclic) bond motifs is 1. The molecule has 1 aromatic heterocycles. The third-order valence-corrected chi connectivity index (χ3v) is 7.90. The van der Waals surface area contributed by atoms with Crippen LogP contribution in [0.1, 0.15) is 36.2 Å². The highest BCUT2D eigenvalue weighted by Crippen LogP contribution is 2.34. The van der Waals surface area contributed by atoms with Gasteiger partial charge in [-0.1, -0.05) is 43.3 Å². The fraction of sp³-hybridized carbons (Fsp3) is 0.320. The second-order valence-electron chi connectivity index (χ2n) is 8.39. The Morgan fingerprint density at radius 1 is 1.03 bits per heavy atom. The summed E-state index contributed by atoms with van der Waals surface area (Å²) in [6.45, 7) is 2.23. The number of halogens is 3. The molecule has 35 heavy (non-hydrogen) atoms. The fourth-order valence-electron chi connectivity index (χ4n) is 4.40. The number of nitrogens with zero attached hydrogens (tertiary/aromatic N) is 3. The van der Waals surface area contributed by atoms with Crippen LogP contribution in [0.4, 0.5) is 13.2 Å². The van der Waals surface area contributed by atoms with Crippen molar-refractivity contribution >= 4 is 15.9 Å². The molecule has 1 aliphatic heterocycles. The zero-order chi connectivity index (χ0) is 25.2. The van der Waals surface area contributed by atoms with Gasteiger partial charge in [0.25, 0.3) is 0 Å². The van der Waals surface area contributed by atoms with Gasteiger partial charge in [0.05, 0.1) is 23.0 Å². The SMILES string of the molecule is CCCN(CC(=O)N1CCn2cccc2C1c1ccccc1)S(=O)(=O)c1cccc(C(F)(F)F)c1. The molecule has 0 radical (unpaired) electrons. The van der Waals surface area contributed by atoms with Crippen LogP contribution < -0.4 is 0 Å². The second kappa shape index (κ2) is 9.87. The second-order valence-corrected chi connectivity index (χ2v) is 10.3. The molecule has 0 saturated heterocycles. The summed E-state index contributed by atoms with van der Waals surface area (Å²) < 4.78 is 69.2. The van der Waals surface area contributed by atoms with E-state index in [1.165, 1.54) is 0 Å². The molecule has 0 N–H and O–H groups in total. The van der Waals surface area contributed by atoms with Crippen LogP contribution in [0.25, 0.3) is 0 Å². The van der Waals surface area contributed by atoms with Crippen molar-refractivity contribution in [3.63, 3.8) is 0 Å². The molecule has 2 heterocycles. The van der Waals surface area contributed by atoms with Crippen LogP contribution in [-0.2, 0) is 27.5 Å². The summed E-state index contributed by atoms with van der Waals surface area (Å²) in [6, 6.07) is 16.5. The first kappa shape index (κ1) is 25.0. The summed E-state index contributed by atoms with van der Waals surface area (Å²) in [6.07, 6.45) is -2.34. The molecular weight excluding hydrogens is 479 g/mol. The molecule has 2 aromatic carbocycles. The molecule has 0 saturated carbocycles. The number of alkyl halides is 3. The third-order valence-electron chi connectivity index (χ3n) is 6.06. The van der Waals surface area contributed by atoms with Crippen LogP contribution in [0.5, 0.6) is 0 Å². The van der Waals surface area contributed by atoms with Gasteiger partial charge < -0.3 is 9.47 Å². The standard InChI is InChI=1S/C25H26F3N3O3S/c1-2-13-30(35(33,34)21-11-6-10-20(17-21)25(26,27)28)18-23(32)31-16-15-29-14-7-12-22(29)24(31)19-8-4-3-5-9-19/h3-12,14,17,24H,2,13,15-16,18H2,1H3. The average Bonchev–Trinajstić information content (AvgIpc) is 3.32. The molecule has 1 amide bonds. The van der Waals surface area contributed by atoms with Gasteiger partial charge in [-0.05, 0) is 42.3 Å². The quantitative estimate of drug-likeness (QED) is 0.474. The van der Waals surface area contributed by atoms with Crippen molar-refractivity contribution < 1.29 is 26.4 Å². The fourth-order valence-corrected chi connectivity index (χ4v) is 5.92. The third kappa shape index (κ3) is 5.13. The first-order valence-electron chi connectivity index (χ1n) is 11.3. The van der Waals surface area contributed by atoms with Gasteiger partial charge in [0.1, 0.15) is 0 Å². The Balaban J connectivity index is 1.65. The van der Waals surface area contributed by atoms with Crippen molar-refractivity contribution in [2.24, 2.45) is 0 Å². The van der Waals surface area contributed by atoms with E-state index in [-0.39, 0.29) is 6.54 Å². The van der Waals surface area contributed by atoms with E-state index in [0.717, 1.165) is 33.8 Å². The molecule has 1 unspecified atom stereocenters. The van der Waals surface area contributed by atoms with Crippen molar-refractivity contribution in [3.05, 3.63) is 89.7 Å². The Labute approximate surface area is 202 Å². The van der Waals surface area contributed by atoms with E-state index in [9.17, 15) is 26.4 Å². The number of carbonyl (C=O) groups is 1. The zero-order valence-corrected chi connectivity index (χ0v) is 20.0. The molecule has 186 valence electrons. The summed E-state index contributed by atoms with van der Waals surface area (Å²) >= 11 is 0. The molecular formula is C25H26F3N3O3S. The summed E-state index contributed by atoms with van der Waals surface area (Å²) in [4.78, 5) is 14.7. The van der Waals surface area contributed by atoms with Gasteiger partial charge in [0, 0.05) is 31.5 Å². The van der Waals surface area contributed by atoms with E-state index in [1.807, 2.05) is 48.7 Å². The first-order valence-corrected chi connectivity index (χ1v) is 12.7. The molecule has 1 aliphatic rings. The lowest BCUT2D eigenvalue weighted by Crippen LogP contribution is -2.48. The molecule has 1 atom stereocenters. The van der Waals surface area contributed by atoms with E-state index in [0.29, 0.717) is 25.6 Å². The normalized spacial score (nSPS) is 16.4. The van der Waals surface area contributed by atoms with Gasteiger partial charge in [-0.25, -0.2) is 8.42 Å². The highest BCUT2D eigenvalue weighted by atomic mass is 32.2. The van der Waals surface area contributed by atoms with Gasteiger partial charge in [-0.2, -0.15) is 17.5 Å². The lowest BCUT2D eigenvalue weighted by molar-refractivity contribution is -0.138. The summed E-state index contributed by atoms with van der Waals surface area (Å²) in [5.41, 5.74) is 0.754. The number of amides is 1. The van der Waals surface area contributed by atoms with E-state index < -0.39 is 45.2 Å². The van der Waals surface area contributed by atoms with Crippen LogP contribution in [0.2, 0.25) is 0 Å². The van der Waals surface area contributed by atoms with E-state index in [1.54, 1.807) is 11.8 Å². The number of carbonyl (C=O) groups excluding carboxylic acids is 1. The number of hydrogen-bond donors (Lipinski definition) is 0. The molecule has 4 rings (SSSR count). The molecule has 0 spiro atoms. The maximum Gasteiger partial charge on any atom is 0.416 e. The predicted octanol–water partition coefficient (Wildman–Crippen LogP) is 4.54. The minimum atomic E-state index is -4.68. The number of rotatable bonds is 7. The van der Waals surface area contributed by atoms with Gasteiger partial charge >= 0.3 is 6.18 Å². The predicted molar refractivity (Wildman–Crippen MR) is 125 cm³/mol. The van der Waals surface area contributed by atoms with Gasteiger partial charge in [-0.3, -0.25) is 4.79 Å². The van der Waals surface area contributed by atoms with Crippen LogP contribution >= 0.6 is 0 Å². The van der Waals surface area contributed by atoms with E-state index >= 15 is 0 Å². The summed E-state index contributed by atoms with van der Waals surface area (Å²) in [7, 11) is -4.33. The van der Waals surface area contributed by atoms with Crippen LogP contribution in [-0.4, -0.2) is 47.7 Å². The topological polar surface area (TPSA) is 62.6 Å².